The monoisotopic (exact) mass is 360 g/mol. The zero-order valence-corrected chi connectivity index (χ0v) is 14.3. The second-order valence-electron chi connectivity index (χ2n) is 5.97. The summed E-state index contributed by atoms with van der Waals surface area (Å²) in [6.45, 7) is 0.541. The molecule has 0 unspecified atom stereocenters. The van der Waals surface area contributed by atoms with Crippen LogP contribution in [-0.4, -0.2) is 30.9 Å². The molecular weight excluding hydrogens is 344 g/mol. The van der Waals surface area contributed by atoms with Crippen molar-refractivity contribution < 1.29 is 4.79 Å². The van der Waals surface area contributed by atoms with Crippen LogP contribution in [0.15, 0.2) is 65.5 Å². The average molecular weight is 360 g/mol. The van der Waals surface area contributed by atoms with Gasteiger partial charge in [-0.25, -0.2) is 9.67 Å². The fourth-order valence-electron chi connectivity index (χ4n) is 2.71. The molecule has 0 atom stereocenters. The van der Waals surface area contributed by atoms with Crippen molar-refractivity contribution in [3.05, 3.63) is 88.0 Å². The largest absolute Gasteiger partial charge is 0.345 e. The van der Waals surface area contributed by atoms with Gasteiger partial charge < -0.3 is 10.3 Å². The number of aromatic nitrogens is 5. The molecule has 0 aliphatic carbocycles. The van der Waals surface area contributed by atoms with Crippen molar-refractivity contribution in [3.8, 4) is 0 Å². The molecule has 0 saturated carbocycles. The zero-order chi connectivity index (χ0) is 18.6. The molecule has 0 aliphatic rings. The number of nitrogens with one attached hydrogen (secondary N) is 2. The predicted octanol–water partition coefficient (Wildman–Crippen LogP) is 1.49. The number of carbonyl (C=O) groups is 1. The predicted molar refractivity (Wildman–Crippen MR) is 99.1 cm³/mol. The number of benzene rings is 2. The first-order chi connectivity index (χ1) is 13.2. The third-order valence-corrected chi connectivity index (χ3v) is 4.05. The van der Waals surface area contributed by atoms with Gasteiger partial charge in [0.15, 0.2) is 11.2 Å². The first-order valence-corrected chi connectivity index (χ1v) is 8.40. The Labute approximate surface area is 153 Å². The summed E-state index contributed by atoms with van der Waals surface area (Å²) < 4.78 is 1.57. The van der Waals surface area contributed by atoms with Gasteiger partial charge in [0.05, 0.1) is 13.1 Å². The second kappa shape index (κ2) is 7.20. The molecule has 8 heteroatoms. The number of fused-ring (bicyclic) bond motifs is 1. The molecule has 2 N–H and O–H groups in total. The molecular formula is C19H16N6O2. The molecule has 8 nitrogen and oxygen atoms in total. The van der Waals surface area contributed by atoms with Crippen LogP contribution >= 0.6 is 0 Å². The maximum absolute atomic E-state index is 12.3. The minimum absolute atomic E-state index is 0.0927. The standard InChI is InChI=1S/C19H16N6O2/c26-18(14-9-5-2-6-10-14)20-11-15-21-17-16(19(27)22-15)23-24-25(17)12-13-7-3-1-4-8-13/h1-10H,11-12H2,(H,20,26)(H,21,22,27). The van der Waals surface area contributed by atoms with Crippen molar-refractivity contribution in [2.45, 2.75) is 13.1 Å². The van der Waals surface area contributed by atoms with Crippen LogP contribution in [0.5, 0.6) is 0 Å². The summed E-state index contributed by atoms with van der Waals surface area (Å²) in [7, 11) is 0. The third-order valence-electron chi connectivity index (χ3n) is 4.05. The summed E-state index contributed by atoms with van der Waals surface area (Å²) in [5, 5.41) is 10.7. The minimum atomic E-state index is -0.386. The van der Waals surface area contributed by atoms with Gasteiger partial charge in [0, 0.05) is 5.56 Å². The molecule has 2 heterocycles. The van der Waals surface area contributed by atoms with E-state index in [1.165, 1.54) is 0 Å². The van der Waals surface area contributed by atoms with Gasteiger partial charge in [-0.05, 0) is 17.7 Å². The highest BCUT2D eigenvalue weighted by atomic mass is 16.1. The van der Waals surface area contributed by atoms with Gasteiger partial charge in [0.25, 0.3) is 11.5 Å². The van der Waals surface area contributed by atoms with Gasteiger partial charge in [-0.2, -0.15) is 0 Å². The lowest BCUT2D eigenvalue weighted by Gasteiger charge is -2.06. The number of aromatic amines is 1. The van der Waals surface area contributed by atoms with Crippen molar-refractivity contribution in [3.63, 3.8) is 0 Å². The molecule has 0 fully saturated rings. The number of rotatable bonds is 5. The second-order valence-corrected chi connectivity index (χ2v) is 5.97. The third kappa shape index (κ3) is 3.59. The van der Waals surface area contributed by atoms with Crippen LogP contribution in [0.25, 0.3) is 11.2 Å². The van der Waals surface area contributed by atoms with Crippen LogP contribution in [0, 0.1) is 0 Å². The molecule has 4 rings (SSSR count). The number of nitrogens with zero attached hydrogens (tertiary/aromatic N) is 4. The first-order valence-electron chi connectivity index (χ1n) is 8.40. The lowest BCUT2D eigenvalue weighted by atomic mass is 10.2. The number of amides is 1. The van der Waals surface area contributed by atoms with E-state index in [0.29, 0.717) is 23.6 Å². The summed E-state index contributed by atoms with van der Waals surface area (Å²) in [6, 6.07) is 18.6. The normalized spacial score (nSPS) is 10.8. The quantitative estimate of drug-likeness (QED) is 0.561. The Hall–Kier alpha value is -3.81. The summed E-state index contributed by atoms with van der Waals surface area (Å²) in [5.74, 6) is 0.0997. The van der Waals surface area contributed by atoms with E-state index < -0.39 is 0 Å². The highest BCUT2D eigenvalue weighted by Crippen LogP contribution is 2.08. The van der Waals surface area contributed by atoms with E-state index >= 15 is 0 Å². The summed E-state index contributed by atoms with van der Waals surface area (Å²) >= 11 is 0. The first kappa shape index (κ1) is 16.6. The van der Waals surface area contributed by atoms with Gasteiger partial charge in [-0.15, -0.1) is 5.10 Å². The molecule has 27 heavy (non-hydrogen) atoms. The summed E-state index contributed by atoms with van der Waals surface area (Å²) in [4.78, 5) is 31.5. The Morgan fingerprint density at radius 3 is 2.48 bits per heavy atom. The van der Waals surface area contributed by atoms with Crippen LogP contribution in [0.4, 0.5) is 0 Å². The van der Waals surface area contributed by atoms with E-state index in [1.807, 2.05) is 36.4 Å². The molecule has 2 aromatic carbocycles. The van der Waals surface area contributed by atoms with Crippen molar-refractivity contribution in [1.29, 1.82) is 0 Å². The Balaban J connectivity index is 1.58. The number of hydrogen-bond acceptors (Lipinski definition) is 5. The van der Waals surface area contributed by atoms with E-state index in [9.17, 15) is 9.59 Å². The zero-order valence-electron chi connectivity index (χ0n) is 14.3. The molecule has 2 aromatic heterocycles. The summed E-state index contributed by atoms with van der Waals surface area (Å²) in [6.07, 6.45) is 0. The van der Waals surface area contributed by atoms with Gasteiger partial charge >= 0.3 is 0 Å². The fraction of sp³-hybridized carbons (Fsp3) is 0.105. The SMILES string of the molecule is O=C(NCc1nc2c(nnn2Cc2ccccc2)c(=O)[nH]1)c1ccccc1. The average Bonchev–Trinajstić information content (AvgIpc) is 3.11. The van der Waals surface area contributed by atoms with Gasteiger partial charge in [0.2, 0.25) is 0 Å². The maximum atomic E-state index is 12.3. The van der Waals surface area contributed by atoms with E-state index in [4.69, 9.17) is 0 Å². The Morgan fingerprint density at radius 1 is 1.04 bits per heavy atom. The molecule has 0 spiro atoms. The van der Waals surface area contributed by atoms with Crippen LogP contribution in [0.2, 0.25) is 0 Å². The van der Waals surface area contributed by atoms with Crippen LogP contribution < -0.4 is 10.9 Å². The number of carbonyl (C=O) groups excluding carboxylic acids is 1. The van der Waals surface area contributed by atoms with Crippen LogP contribution in [-0.2, 0) is 13.1 Å². The molecule has 4 aromatic rings. The molecule has 0 aliphatic heterocycles. The molecule has 0 saturated heterocycles. The minimum Gasteiger partial charge on any atom is -0.345 e. The topological polar surface area (TPSA) is 106 Å². The highest BCUT2D eigenvalue weighted by molar-refractivity contribution is 5.94. The van der Waals surface area contributed by atoms with E-state index in [2.05, 4.69) is 25.6 Å². The van der Waals surface area contributed by atoms with Crippen molar-refractivity contribution in [1.82, 2.24) is 30.3 Å². The van der Waals surface area contributed by atoms with Crippen molar-refractivity contribution in [2.24, 2.45) is 0 Å². The summed E-state index contributed by atoms with van der Waals surface area (Å²) in [5.41, 5.74) is 1.72. The molecule has 1 amide bonds. The van der Waals surface area contributed by atoms with E-state index in [0.717, 1.165) is 5.56 Å². The molecule has 134 valence electrons. The smallest absolute Gasteiger partial charge is 0.281 e. The van der Waals surface area contributed by atoms with Crippen LogP contribution in [0.1, 0.15) is 21.7 Å². The lowest BCUT2D eigenvalue weighted by molar-refractivity contribution is 0.0950. The van der Waals surface area contributed by atoms with Gasteiger partial charge in [0.1, 0.15) is 5.82 Å². The number of hydrogen-bond donors (Lipinski definition) is 2. The Kier molecular flexibility index (Phi) is 4.44. The van der Waals surface area contributed by atoms with Gasteiger partial charge in [-0.3, -0.25) is 9.59 Å². The Bertz CT molecular complexity index is 1140. The van der Waals surface area contributed by atoms with Crippen molar-refractivity contribution >= 4 is 17.1 Å². The van der Waals surface area contributed by atoms with E-state index in [-0.39, 0.29) is 23.5 Å². The lowest BCUT2D eigenvalue weighted by Crippen LogP contribution is -2.25. The maximum Gasteiger partial charge on any atom is 0.281 e. The van der Waals surface area contributed by atoms with Crippen molar-refractivity contribution in [2.75, 3.05) is 0 Å². The van der Waals surface area contributed by atoms with Crippen LogP contribution in [0.3, 0.4) is 0 Å². The Morgan fingerprint density at radius 2 is 1.74 bits per heavy atom. The molecule has 0 bridgehead atoms. The highest BCUT2D eigenvalue weighted by Gasteiger charge is 2.13. The molecule has 0 radical (unpaired) electrons. The van der Waals surface area contributed by atoms with E-state index in [1.54, 1.807) is 28.9 Å². The van der Waals surface area contributed by atoms with Gasteiger partial charge in [-0.1, -0.05) is 53.7 Å². The number of H-pyrrole nitrogens is 1. The fourth-order valence-corrected chi connectivity index (χ4v) is 2.71.